The van der Waals surface area contributed by atoms with Crippen molar-refractivity contribution in [1.82, 2.24) is 0 Å². The molecule has 0 amide bonds. The molecule has 0 saturated heterocycles. The van der Waals surface area contributed by atoms with E-state index in [-0.39, 0.29) is 0 Å². The van der Waals surface area contributed by atoms with E-state index in [4.69, 9.17) is 0 Å². The van der Waals surface area contributed by atoms with E-state index < -0.39 is 0 Å². The summed E-state index contributed by atoms with van der Waals surface area (Å²) in [5, 5.41) is 8.18. The van der Waals surface area contributed by atoms with Gasteiger partial charge < -0.3 is 0 Å². The molecule has 15 aromatic carbocycles. The van der Waals surface area contributed by atoms with Crippen LogP contribution in [0.1, 0.15) is 372 Å². The van der Waals surface area contributed by atoms with E-state index in [0.29, 0.717) is 0 Å². The first kappa shape index (κ1) is 114. The second-order valence-corrected chi connectivity index (χ2v) is 35.1. The lowest BCUT2D eigenvalue weighted by molar-refractivity contribution is 0.681. The summed E-state index contributed by atoms with van der Waals surface area (Å²) in [4.78, 5) is 0. The lowest BCUT2D eigenvalue weighted by atomic mass is 9.85. The Morgan fingerprint density at radius 1 is 0.145 bits per heavy atom. The molecule has 732 valence electrons. The van der Waals surface area contributed by atoms with Crippen LogP contribution in [-0.4, -0.2) is 0 Å². The molecule has 15 aromatic rings. The average molecular weight is 1840 g/mol. The smallest absolute Gasteiger partial charge is 0.000456 e. The van der Waals surface area contributed by atoms with Gasteiger partial charge in [-0.3, -0.25) is 0 Å². The van der Waals surface area contributed by atoms with Gasteiger partial charge in [-0.2, -0.15) is 0 Å². The molecule has 138 heavy (non-hydrogen) atoms. The molecule has 0 aromatic heterocycles. The van der Waals surface area contributed by atoms with Gasteiger partial charge >= 0.3 is 0 Å². The van der Waals surface area contributed by atoms with Gasteiger partial charge in [0, 0.05) is 0 Å². The van der Waals surface area contributed by atoms with E-state index in [0.717, 1.165) is 32.1 Å². The third-order valence-electron chi connectivity index (χ3n) is 29.0. The molecule has 9 aliphatic carbocycles. The summed E-state index contributed by atoms with van der Waals surface area (Å²) in [6.07, 6.45) is 22.6. The zero-order chi connectivity index (χ0) is 102. The Balaban J connectivity index is 0.000000216. The van der Waals surface area contributed by atoms with Crippen LogP contribution in [0, 0.1) is 83.1 Å². The minimum absolute atomic E-state index is 1.08. The van der Waals surface area contributed by atoms with Gasteiger partial charge in [-0.05, 0) is 471 Å². The van der Waals surface area contributed by atoms with Crippen molar-refractivity contribution in [3.05, 3.63) is 385 Å². The highest BCUT2D eigenvalue weighted by Gasteiger charge is 2.31. The summed E-state index contributed by atoms with van der Waals surface area (Å²) in [5.74, 6) is 0. The fourth-order valence-corrected chi connectivity index (χ4v) is 21.4. The number of aryl methyl sites for hydroxylation is 10. The number of hydrogen-bond donors (Lipinski definition) is 0. The maximum atomic E-state index is 2.50. The Bertz CT molecular complexity index is 6450. The van der Waals surface area contributed by atoms with Crippen LogP contribution in [-0.2, 0) is 77.0 Å². The Labute approximate surface area is 843 Å². The van der Waals surface area contributed by atoms with E-state index in [9.17, 15) is 0 Å². The minimum atomic E-state index is 1.08. The second kappa shape index (κ2) is 56.4. The highest BCUT2D eigenvalue weighted by molar-refractivity contribution is 6.02. The molecular weight excluding hydrogens is 1660 g/mol. The molecular formula is C138H180. The Morgan fingerprint density at radius 3 is 0.870 bits per heavy atom. The van der Waals surface area contributed by atoms with Gasteiger partial charge in [0.1, 0.15) is 0 Å². The van der Waals surface area contributed by atoms with Gasteiger partial charge in [-0.1, -0.05) is 378 Å². The van der Waals surface area contributed by atoms with Crippen LogP contribution >= 0.6 is 0 Å². The number of rotatable bonds is 0. The predicted molar refractivity (Wildman–Crippen MR) is 624 cm³/mol. The van der Waals surface area contributed by atoms with E-state index >= 15 is 0 Å². The molecule has 0 saturated carbocycles. The van der Waals surface area contributed by atoms with Gasteiger partial charge in [0.05, 0.1) is 0 Å². The number of benzene rings is 15. The molecule has 0 atom stereocenters. The van der Waals surface area contributed by atoms with Crippen LogP contribution in [0.25, 0.3) is 99.1 Å². The zero-order valence-corrected chi connectivity index (χ0v) is 93.5. The van der Waals surface area contributed by atoms with E-state index in [1.165, 1.54) is 277 Å². The summed E-state index contributed by atoms with van der Waals surface area (Å²) in [5.41, 5.74) is 63.4. The first-order valence-electron chi connectivity index (χ1n) is 55.0. The summed E-state index contributed by atoms with van der Waals surface area (Å²) in [6.45, 7) is 74.9. The quantitative estimate of drug-likeness (QED) is 0.142. The Morgan fingerprint density at radius 2 is 0.406 bits per heavy atom. The molecule has 0 spiro atoms. The van der Waals surface area contributed by atoms with Crippen LogP contribution in [0.15, 0.2) is 218 Å². The summed E-state index contributed by atoms with van der Waals surface area (Å²) in [7, 11) is 0. The minimum Gasteiger partial charge on any atom is -0.0683 e. The third kappa shape index (κ3) is 24.4. The monoisotopic (exact) mass is 1840 g/mol. The molecule has 24 rings (SSSR count). The molecule has 0 heteroatoms. The van der Waals surface area contributed by atoms with Gasteiger partial charge in [-0.25, -0.2) is 0 Å². The third-order valence-corrected chi connectivity index (χ3v) is 29.0. The van der Waals surface area contributed by atoms with Gasteiger partial charge in [-0.15, -0.1) is 0 Å². The highest BCUT2D eigenvalue weighted by atomic mass is 14.4. The molecule has 0 unspecified atom stereocenters. The first-order chi connectivity index (χ1) is 67.5. The van der Waals surface area contributed by atoms with Crippen molar-refractivity contribution >= 4 is 32.3 Å². The largest absolute Gasteiger partial charge is 0.0683 e. The summed E-state index contributed by atoms with van der Waals surface area (Å²) < 4.78 is 0. The normalized spacial score (nSPS) is 12.3. The average Bonchev–Trinajstić information content (AvgIpc) is 1.57. The number of hydrogen-bond acceptors (Lipinski definition) is 0. The first-order valence-corrected chi connectivity index (χ1v) is 55.0. The topological polar surface area (TPSA) is 0 Å². The zero-order valence-electron chi connectivity index (χ0n) is 93.5. The van der Waals surface area contributed by atoms with Crippen molar-refractivity contribution in [3.8, 4) is 66.8 Å². The number of fused-ring (bicyclic) bond motifs is 28. The maximum Gasteiger partial charge on any atom is -0.000456 e. The van der Waals surface area contributed by atoms with Crippen LogP contribution in [0.5, 0.6) is 0 Å². The van der Waals surface area contributed by atoms with Crippen molar-refractivity contribution in [3.63, 3.8) is 0 Å². The molecule has 0 radical (unpaired) electrons. The van der Waals surface area contributed by atoms with Gasteiger partial charge in [0.25, 0.3) is 0 Å². The van der Waals surface area contributed by atoms with Gasteiger partial charge in [0.15, 0.2) is 0 Å². The van der Waals surface area contributed by atoms with Crippen LogP contribution < -0.4 is 0 Å². The van der Waals surface area contributed by atoms with Gasteiger partial charge in [0.2, 0.25) is 0 Å². The lowest BCUT2D eigenvalue weighted by Gasteiger charge is -2.20. The molecule has 0 aliphatic heterocycles. The molecule has 0 nitrogen and oxygen atoms in total. The van der Waals surface area contributed by atoms with E-state index in [2.05, 4.69) is 301 Å². The van der Waals surface area contributed by atoms with Crippen LogP contribution in [0.4, 0.5) is 0 Å². The van der Waals surface area contributed by atoms with Crippen LogP contribution in [0.2, 0.25) is 0 Å². The maximum absolute atomic E-state index is 2.50. The lowest BCUT2D eigenvalue weighted by Crippen LogP contribution is -2.05. The fraction of sp³-hybridized carbons (Fsp3) is 0.391. The Kier molecular flexibility index (Phi) is 46.6. The molecule has 9 aliphatic rings. The summed E-state index contributed by atoms with van der Waals surface area (Å²) in [6, 6.07) is 81.9. The fourth-order valence-electron chi connectivity index (χ4n) is 21.4. The second-order valence-electron chi connectivity index (χ2n) is 35.1. The molecule has 0 fully saturated rings. The van der Waals surface area contributed by atoms with Crippen molar-refractivity contribution in [2.45, 2.75) is 365 Å². The van der Waals surface area contributed by atoms with Crippen molar-refractivity contribution < 1.29 is 0 Å². The van der Waals surface area contributed by atoms with Crippen molar-refractivity contribution in [2.75, 3.05) is 0 Å². The molecule has 0 bridgehead atoms. The van der Waals surface area contributed by atoms with Crippen molar-refractivity contribution in [1.29, 1.82) is 0 Å². The molecule has 0 heterocycles. The van der Waals surface area contributed by atoms with E-state index in [1.54, 1.807) is 72.3 Å². The SMILES string of the molecule is CC.CC.CC.CC.CC.CC.CC.CC.CC.CC.CC.CC.Cc1ccc2c(c1C)Cc1c-2ccc2c1CCCC2.Cc1ccc2c(c1C)Cc1c-2ccc2ccccc12.Cc1ccc2c(c1C)Cc1cc3c(cc1-2)CCCC3.Cc1ccc2c(c1C)Cc1cc3ccccc3cc1-2.Cc1ccc2c(c1C)Cc1ccc3c(c1-2)CCCC3.Cc1ccc2c(c1C)Cc1ccc3ccccc3c1-2. The standard InChI is InChI=1S/C19H20.C19H16.C19H20.C19H16.C19H20.C19H16.12C2H6/c2*1-12-7-10-17-18(13(12)2)11-15-9-8-14-5-3-4-6-16(14)19(15)17;2*1-12-7-9-16-17-10-8-14-5-3-4-6-15(14)19(17)11-18(16)13(12)2;2*1-12-7-8-17-18(13(12)2)11-16-9-14-5-3-4-6-15(14)10-19(16)17;12*1-2/h7-10H,3-6,11H2,1-2H3;3-10H,11H2,1-2H3;7-10H,3-6,11H2,1-2H3;3-10H,11H2,1-2H3;7-10H,3-6,11H2,1-2H3;3-10H,11H2,1-2H3;12*1-2H3. The summed E-state index contributed by atoms with van der Waals surface area (Å²) >= 11 is 0. The Hall–Kier alpha value is -10.9. The highest BCUT2D eigenvalue weighted by Crippen LogP contribution is 2.50. The predicted octanol–water partition coefficient (Wildman–Crippen LogP) is 41.7. The molecule has 0 N–H and O–H groups in total. The van der Waals surface area contributed by atoms with E-state index in [1.807, 2.05) is 166 Å². The van der Waals surface area contributed by atoms with Crippen molar-refractivity contribution in [2.24, 2.45) is 0 Å². The van der Waals surface area contributed by atoms with Crippen LogP contribution in [0.3, 0.4) is 0 Å².